The number of carbonyl (C=O) groups is 2. The molecule has 0 amide bonds. The normalized spacial score (nSPS) is 10.6. The van der Waals surface area contributed by atoms with E-state index in [4.69, 9.17) is 21.8 Å². The van der Waals surface area contributed by atoms with E-state index < -0.39 is 11.9 Å². The zero-order chi connectivity index (χ0) is 12.8. The summed E-state index contributed by atoms with van der Waals surface area (Å²) < 4.78 is 0. The standard InChI is InChI=1S/C12H11ClO4/c13-10-6-8(2-1-3-11(14)15)4-5-9(10)7-12(16)17/h1-2,4-6H,3,7H2,(H,14,15)(H,16,17). The molecule has 2 N–H and O–H groups in total. The van der Waals surface area contributed by atoms with Gasteiger partial charge in [-0.2, -0.15) is 0 Å². The topological polar surface area (TPSA) is 74.6 Å². The zero-order valence-electron chi connectivity index (χ0n) is 8.89. The van der Waals surface area contributed by atoms with Crippen molar-refractivity contribution in [3.8, 4) is 0 Å². The zero-order valence-corrected chi connectivity index (χ0v) is 9.65. The van der Waals surface area contributed by atoms with Crippen molar-refractivity contribution in [2.75, 3.05) is 0 Å². The van der Waals surface area contributed by atoms with Crippen molar-refractivity contribution in [2.24, 2.45) is 0 Å². The van der Waals surface area contributed by atoms with Gasteiger partial charge < -0.3 is 10.2 Å². The highest BCUT2D eigenvalue weighted by Gasteiger charge is 2.05. The second-order valence-corrected chi connectivity index (χ2v) is 3.83. The van der Waals surface area contributed by atoms with Crippen LogP contribution in [-0.4, -0.2) is 22.2 Å². The minimum atomic E-state index is -0.943. The number of aliphatic carboxylic acids is 2. The molecule has 0 aliphatic heterocycles. The molecule has 90 valence electrons. The van der Waals surface area contributed by atoms with Crippen LogP contribution in [0, 0.1) is 0 Å². The first kappa shape index (κ1) is 13.3. The molecule has 0 spiro atoms. The van der Waals surface area contributed by atoms with Gasteiger partial charge in [0.05, 0.1) is 12.8 Å². The highest BCUT2D eigenvalue weighted by atomic mass is 35.5. The molecular weight excluding hydrogens is 244 g/mol. The van der Waals surface area contributed by atoms with E-state index in [-0.39, 0.29) is 12.8 Å². The van der Waals surface area contributed by atoms with Gasteiger partial charge in [0.2, 0.25) is 0 Å². The quantitative estimate of drug-likeness (QED) is 0.846. The van der Waals surface area contributed by atoms with Crippen LogP contribution in [0.2, 0.25) is 5.02 Å². The second kappa shape index (κ2) is 6.06. The van der Waals surface area contributed by atoms with Gasteiger partial charge in [-0.1, -0.05) is 35.9 Å². The first-order valence-electron chi connectivity index (χ1n) is 4.87. The molecule has 0 aliphatic carbocycles. The Morgan fingerprint density at radius 2 is 1.94 bits per heavy atom. The van der Waals surface area contributed by atoms with Crippen LogP contribution in [0.3, 0.4) is 0 Å². The van der Waals surface area contributed by atoms with Gasteiger partial charge in [0, 0.05) is 5.02 Å². The van der Waals surface area contributed by atoms with Gasteiger partial charge in [0.15, 0.2) is 0 Å². The van der Waals surface area contributed by atoms with Crippen molar-refractivity contribution in [2.45, 2.75) is 12.8 Å². The highest BCUT2D eigenvalue weighted by molar-refractivity contribution is 6.31. The Bertz CT molecular complexity index is 466. The molecule has 1 rings (SSSR count). The number of halogens is 1. The lowest BCUT2D eigenvalue weighted by molar-refractivity contribution is -0.137. The van der Waals surface area contributed by atoms with Crippen molar-refractivity contribution < 1.29 is 19.8 Å². The molecule has 1 aromatic rings. The molecule has 0 aliphatic rings. The van der Waals surface area contributed by atoms with Crippen LogP contribution < -0.4 is 0 Å². The predicted octanol–water partition coefficient (Wildman–Crippen LogP) is 2.46. The van der Waals surface area contributed by atoms with Crippen molar-refractivity contribution in [1.82, 2.24) is 0 Å². The highest BCUT2D eigenvalue weighted by Crippen LogP contribution is 2.19. The fraction of sp³-hybridized carbons (Fsp3) is 0.167. The number of benzene rings is 1. The Labute approximate surface area is 103 Å². The van der Waals surface area contributed by atoms with E-state index in [2.05, 4.69) is 0 Å². The van der Waals surface area contributed by atoms with Crippen LogP contribution in [-0.2, 0) is 16.0 Å². The largest absolute Gasteiger partial charge is 0.481 e. The van der Waals surface area contributed by atoms with Gasteiger partial charge in [-0.3, -0.25) is 9.59 Å². The Balaban J connectivity index is 2.78. The maximum atomic E-state index is 10.5. The third-order valence-electron chi connectivity index (χ3n) is 2.02. The van der Waals surface area contributed by atoms with Crippen LogP contribution in [0.5, 0.6) is 0 Å². The summed E-state index contributed by atoms with van der Waals surface area (Å²) in [6.07, 6.45) is 2.95. The maximum Gasteiger partial charge on any atom is 0.307 e. The number of carboxylic acid groups (broad SMARTS) is 2. The van der Waals surface area contributed by atoms with Crippen LogP contribution in [0.15, 0.2) is 24.3 Å². The number of hydrogen-bond donors (Lipinski definition) is 2. The summed E-state index contributed by atoms with van der Waals surface area (Å²) in [5.74, 6) is -1.85. The first-order chi connectivity index (χ1) is 7.99. The van der Waals surface area contributed by atoms with Gasteiger partial charge in [-0.05, 0) is 17.2 Å². The fourth-order valence-corrected chi connectivity index (χ4v) is 1.53. The molecule has 17 heavy (non-hydrogen) atoms. The van der Waals surface area contributed by atoms with Crippen molar-refractivity contribution in [3.05, 3.63) is 40.4 Å². The van der Waals surface area contributed by atoms with Gasteiger partial charge in [0.1, 0.15) is 0 Å². The van der Waals surface area contributed by atoms with Crippen molar-refractivity contribution in [3.63, 3.8) is 0 Å². The van der Waals surface area contributed by atoms with Gasteiger partial charge >= 0.3 is 11.9 Å². The van der Waals surface area contributed by atoms with Crippen LogP contribution in [0.4, 0.5) is 0 Å². The summed E-state index contributed by atoms with van der Waals surface area (Å²) in [6.45, 7) is 0. The van der Waals surface area contributed by atoms with Crippen molar-refractivity contribution in [1.29, 1.82) is 0 Å². The predicted molar refractivity (Wildman–Crippen MR) is 64.1 cm³/mol. The van der Waals surface area contributed by atoms with E-state index >= 15 is 0 Å². The Morgan fingerprint density at radius 1 is 1.24 bits per heavy atom. The molecule has 0 saturated carbocycles. The average molecular weight is 255 g/mol. The summed E-state index contributed by atoms with van der Waals surface area (Å²) in [6, 6.07) is 4.93. The number of carboxylic acids is 2. The van der Waals surface area contributed by atoms with Crippen LogP contribution >= 0.6 is 11.6 Å². The molecule has 5 heteroatoms. The lowest BCUT2D eigenvalue weighted by Gasteiger charge is -2.02. The molecule has 0 aromatic heterocycles. The van der Waals surface area contributed by atoms with Gasteiger partial charge in [0.25, 0.3) is 0 Å². The smallest absolute Gasteiger partial charge is 0.307 e. The third-order valence-corrected chi connectivity index (χ3v) is 2.37. The third kappa shape index (κ3) is 4.70. The SMILES string of the molecule is O=C(O)CC=Cc1ccc(CC(=O)O)c(Cl)c1. The van der Waals surface area contributed by atoms with Crippen LogP contribution in [0.25, 0.3) is 6.08 Å². The minimum Gasteiger partial charge on any atom is -0.481 e. The molecule has 0 radical (unpaired) electrons. The van der Waals surface area contributed by atoms with Gasteiger partial charge in [-0.25, -0.2) is 0 Å². The molecule has 0 atom stereocenters. The fourth-order valence-electron chi connectivity index (χ4n) is 1.27. The number of rotatable bonds is 5. The van der Waals surface area contributed by atoms with Crippen molar-refractivity contribution >= 4 is 29.6 Å². The van der Waals surface area contributed by atoms with E-state index in [0.29, 0.717) is 10.6 Å². The van der Waals surface area contributed by atoms with E-state index in [1.54, 1.807) is 24.3 Å². The second-order valence-electron chi connectivity index (χ2n) is 3.42. The summed E-state index contributed by atoms with van der Waals surface area (Å²) in [5, 5.41) is 17.4. The molecule has 1 aromatic carbocycles. The van der Waals surface area contributed by atoms with Gasteiger partial charge in [-0.15, -0.1) is 0 Å². The molecule has 0 saturated heterocycles. The van der Waals surface area contributed by atoms with E-state index in [9.17, 15) is 9.59 Å². The minimum absolute atomic E-state index is 0.0610. The number of hydrogen-bond acceptors (Lipinski definition) is 2. The van der Waals surface area contributed by atoms with E-state index in [1.807, 2.05) is 0 Å². The maximum absolute atomic E-state index is 10.5. The molecule has 4 nitrogen and oxygen atoms in total. The molecule has 0 unspecified atom stereocenters. The van der Waals surface area contributed by atoms with Crippen LogP contribution in [0.1, 0.15) is 17.5 Å². The Hall–Kier alpha value is -1.81. The lowest BCUT2D eigenvalue weighted by atomic mass is 10.1. The average Bonchev–Trinajstić information content (AvgIpc) is 2.21. The van der Waals surface area contributed by atoms with E-state index in [1.165, 1.54) is 6.08 Å². The summed E-state index contributed by atoms with van der Waals surface area (Å²) in [5.41, 5.74) is 1.28. The molecule has 0 heterocycles. The summed E-state index contributed by atoms with van der Waals surface area (Å²) in [7, 11) is 0. The Kier molecular flexibility index (Phi) is 4.72. The summed E-state index contributed by atoms with van der Waals surface area (Å²) in [4.78, 5) is 20.8. The molecule has 0 bridgehead atoms. The van der Waals surface area contributed by atoms with E-state index in [0.717, 1.165) is 5.56 Å². The summed E-state index contributed by atoms with van der Waals surface area (Å²) >= 11 is 5.90. The molecular formula is C12H11ClO4. The molecule has 0 fully saturated rings. The monoisotopic (exact) mass is 254 g/mol. The lowest BCUT2D eigenvalue weighted by Crippen LogP contribution is -2.00. The first-order valence-corrected chi connectivity index (χ1v) is 5.25. The Morgan fingerprint density at radius 3 is 2.47 bits per heavy atom.